The van der Waals surface area contributed by atoms with E-state index in [1.165, 1.54) is 5.12 Å². The van der Waals surface area contributed by atoms with Crippen molar-refractivity contribution in [3.63, 3.8) is 0 Å². The maximum Gasteiger partial charge on any atom is 0.410 e. The lowest BCUT2D eigenvalue weighted by Crippen LogP contribution is -2.50. The molecule has 0 bridgehead atoms. The van der Waals surface area contributed by atoms with Crippen LogP contribution < -0.4 is 16.3 Å². The third-order valence-corrected chi connectivity index (χ3v) is 7.61. The number of amidine groups is 1. The quantitative estimate of drug-likeness (QED) is 0.238. The Morgan fingerprint density at radius 1 is 1.07 bits per heavy atom. The highest BCUT2D eigenvalue weighted by Crippen LogP contribution is 2.43. The highest BCUT2D eigenvalue weighted by molar-refractivity contribution is 5.98. The van der Waals surface area contributed by atoms with Gasteiger partial charge in [-0.2, -0.15) is 0 Å². The Kier molecular flexibility index (Phi) is 8.53. The van der Waals surface area contributed by atoms with Gasteiger partial charge in [0.25, 0.3) is 0 Å². The van der Waals surface area contributed by atoms with Crippen LogP contribution in [0.1, 0.15) is 50.3 Å². The minimum atomic E-state index is -0.528. The summed E-state index contributed by atoms with van der Waals surface area (Å²) in [7, 11) is 0. The van der Waals surface area contributed by atoms with Crippen LogP contribution in [0.15, 0.2) is 59.7 Å². The molecule has 1 amide bonds. The van der Waals surface area contributed by atoms with Crippen molar-refractivity contribution in [2.24, 2.45) is 16.7 Å². The number of hydrazone groups is 1. The second kappa shape index (κ2) is 12.1. The van der Waals surface area contributed by atoms with Gasteiger partial charge in [0.15, 0.2) is 5.84 Å². The maximum atomic E-state index is 12.7. The molecule has 0 aliphatic carbocycles. The van der Waals surface area contributed by atoms with Gasteiger partial charge in [0.2, 0.25) is 0 Å². The Balaban J connectivity index is 1.34. The molecule has 3 aliphatic heterocycles. The summed E-state index contributed by atoms with van der Waals surface area (Å²) in [4.78, 5) is 16.7. The molecular weight excluding hydrogens is 520 g/mol. The SMILES string of the molecule is CC(C)(C)OC(=O)N1CCC2(C=C(c3cccc(/C(N)=N/N(N)CCN4CCOCC4)c3)c3ccccc3O2)CC1. The Bertz CT molecular complexity index is 1290. The molecule has 5 rings (SSSR count). The fraction of sp³-hybridized carbons (Fsp3) is 0.484. The van der Waals surface area contributed by atoms with Gasteiger partial charge in [0.1, 0.15) is 17.0 Å². The molecule has 2 aromatic carbocycles. The van der Waals surface area contributed by atoms with E-state index in [-0.39, 0.29) is 6.09 Å². The molecule has 220 valence electrons. The first-order valence-corrected chi connectivity index (χ1v) is 14.4. The summed E-state index contributed by atoms with van der Waals surface area (Å²) in [5.74, 6) is 7.37. The number of amides is 1. The highest BCUT2D eigenvalue weighted by Gasteiger charge is 2.40. The monoisotopic (exact) mass is 562 g/mol. The van der Waals surface area contributed by atoms with Crippen molar-refractivity contribution in [3.8, 4) is 5.75 Å². The number of rotatable bonds is 6. The van der Waals surface area contributed by atoms with Gasteiger partial charge in [-0.05, 0) is 50.1 Å². The number of likely N-dealkylation sites (tertiary alicyclic amines) is 1. The number of hydrogen-bond donors (Lipinski definition) is 2. The first kappa shape index (κ1) is 28.9. The van der Waals surface area contributed by atoms with Crippen molar-refractivity contribution in [1.29, 1.82) is 0 Å². The maximum absolute atomic E-state index is 12.7. The molecule has 4 N–H and O–H groups in total. The number of carbonyl (C=O) groups excluding carboxylic acids is 1. The molecule has 10 heteroatoms. The van der Waals surface area contributed by atoms with Crippen molar-refractivity contribution in [2.45, 2.75) is 44.8 Å². The van der Waals surface area contributed by atoms with Gasteiger partial charge < -0.3 is 24.8 Å². The minimum absolute atomic E-state index is 0.283. The highest BCUT2D eigenvalue weighted by atomic mass is 16.6. The van der Waals surface area contributed by atoms with E-state index in [9.17, 15) is 4.79 Å². The van der Waals surface area contributed by atoms with E-state index in [0.717, 1.165) is 60.9 Å². The molecule has 0 aromatic heterocycles. The second-order valence-corrected chi connectivity index (χ2v) is 11.9. The zero-order valence-corrected chi connectivity index (χ0v) is 24.3. The zero-order valence-electron chi connectivity index (χ0n) is 24.3. The smallest absolute Gasteiger partial charge is 0.410 e. The number of piperidine rings is 1. The normalized spacial score (nSPS) is 19.3. The lowest BCUT2D eigenvalue weighted by Gasteiger charge is -2.43. The number of ether oxygens (including phenoxy) is 3. The largest absolute Gasteiger partial charge is 0.482 e. The molecule has 1 spiro atoms. The van der Waals surface area contributed by atoms with Crippen molar-refractivity contribution < 1.29 is 19.0 Å². The van der Waals surface area contributed by atoms with Crippen LogP contribution >= 0.6 is 0 Å². The Labute approximate surface area is 242 Å². The van der Waals surface area contributed by atoms with Gasteiger partial charge >= 0.3 is 6.09 Å². The van der Waals surface area contributed by atoms with Crippen LogP contribution in [-0.4, -0.2) is 90.5 Å². The summed E-state index contributed by atoms with van der Waals surface area (Å²) in [6.07, 6.45) is 3.26. The summed E-state index contributed by atoms with van der Waals surface area (Å²) in [5.41, 5.74) is 9.28. The third-order valence-electron chi connectivity index (χ3n) is 7.61. The number of fused-ring (bicyclic) bond motifs is 1. The van der Waals surface area contributed by atoms with Gasteiger partial charge in [-0.1, -0.05) is 36.4 Å². The van der Waals surface area contributed by atoms with Gasteiger partial charge in [0.05, 0.1) is 19.8 Å². The molecule has 10 nitrogen and oxygen atoms in total. The number of hydrazine groups is 1. The second-order valence-electron chi connectivity index (χ2n) is 11.9. The van der Waals surface area contributed by atoms with E-state index in [4.69, 9.17) is 25.8 Å². The van der Waals surface area contributed by atoms with Crippen LogP contribution in [0.3, 0.4) is 0 Å². The summed E-state index contributed by atoms with van der Waals surface area (Å²) < 4.78 is 17.6. The van der Waals surface area contributed by atoms with Crippen LogP contribution in [0, 0.1) is 0 Å². The lowest BCUT2D eigenvalue weighted by molar-refractivity contribution is -0.00116. The molecule has 0 atom stereocenters. The number of nitrogens with zero attached hydrogens (tertiary/aromatic N) is 4. The van der Waals surface area contributed by atoms with E-state index in [1.54, 1.807) is 4.90 Å². The Morgan fingerprint density at radius 3 is 2.54 bits per heavy atom. The van der Waals surface area contributed by atoms with Crippen LogP contribution in [-0.2, 0) is 9.47 Å². The fourth-order valence-corrected chi connectivity index (χ4v) is 5.41. The van der Waals surface area contributed by atoms with Crippen LogP contribution in [0.2, 0.25) is 0 Å². The summed E-state index contributed by atoms with van der Waals surface area (Å²) in [6.45, 7) is 11.4. The van der Waals surface area contributed by atoms with Gasteiger partial charge in [-0.15, -0.1) is 5.10 Å². The van der Waals surface area contributed by atoms with Crippen molar-refractivity contribution in [3.05, 3.63) is 71.3 Å². The minimum Gasteiger partial charge on any atom is -0.482 e. The first-order chi connectivity index (χ1) is 19.6. The molecule has 0 saturated carbocycles. The van der Waals surface area contributed by atoms with E-state index < -0.39 is 11.2 Å². The van der Waals surface area contributed by atoms with Gasteiger partial charge in [-0.25, -0.2) is 15.8 Å². The predicted octanol–water partition coefficient (Wildman–Crippen LogP) is 3.41. The third kappa shape index (κ3) is 7.19. The molecule has 3 aliphatic rings. The molecule has 2 aromatic rings. The lowest BCUT2D eigenvalue weighted by atomic mass is 9.82. The number of carbonyl (C=O) groups is 1. The van der Waals surface area contributed by atoms with Crippen molar-refractivity contribution >= 4 is 17.5 Å². The van der Waals surface area contributed by atoms with Gasteiger partial charge in [0, 0.05) is 56.7 Å². The fourth-order valence-electron chi connectivity index (χ4n) is 5.41. The number of nitrogens with two attached hydrogens (primary N) is 2. The molecule has 41 heavy (non-hydrogen) atoms. The summed E-state index contributed by atoms with van der Waals surface area (Å²) >= 11 is 0. The molecule has 2 saturated heterocycles. The van der Waals surface area contributed by atoms with E-state index in [1.807, 2.05) is 57.2 Å². The summed E-state index contributed by atoms with van der Waals surface area (Å²) in [6, 6.07) is 16.1. The number of benzene rings is 2. The number of morpholine rings is 1. The number of hydrogen-bond acceptors (Lipinski definition) is 8. The molecule has 0 unspecified atom stereocenters. The standard InChI is InChI=1S/C31H42N6O4/c1-30(2,3)41-29(38)36-13-11-31(12-14-36)22-26(25-9-4-5-10-27(25)40-31)23-7-6-8-24(21-23)28(32)34-37(33)16-15-35-17-19-39-20-18-35/h4-10,21-22H,11-20,33H2,1-3H3,(H2,32,34). The first-order valence-electron chi connectivity index (χ1n) is 14.4. The van der Waals surface area contributed by atoms with Crippen LogP contribution in [0.4, 0.5) is 4.79 Å². The average molecular weight is 563 g/mol. The Hall–Kier alpha value is -3.60. The van der Waals surface area contributed by atoms with Crippen LogP contribution in [0.5, 0.6) is 5.75 Å². The predicted molar refractivity (Wildman–Crippen MR) is 159 cm³/mol. The Morgan fingerprint density at radius 2 is 1.80 bits per heavy atom. The number of para-hydroxylation sites is 1. The topological polar surface area (TPSA) is 119 Å². The van der Waals surface area contributed by atoms with E-state index in [0.29, 0.717) is 38.3 Å². The molecule has 2 fully saturated rings. The van der Waals surface area contributed by atoms with E-state index >= 15 is 0 Å². The van der Waals surface area contributed by atoms with Crippen molar-refractivity contribution in [1.82, 2.24) is 14.9 Å². The summed E-state index contributed by atoms with van der Waals surface area (Å²) in [5, 5.41) is 5.86. The molecule has 0 radical (unpaired) electrons. The average Bonchev–Trinajstić information content (AvgIpc) is 2.96. The van der Waals surface area contributed by atoms with Crippen molar-refractivity contribution in [2.75, 3.05) is 52.5 Å². The molecule has 3 heterocycles. The van der Waals surface area contributed by atoms with E-state index in [2.05, 4.69) is 28.2 Å². The molecular formula is C31H42N6O4. The van der Waals surface area contributed by atoms with Crippen LogP contribution in [0.25, 0.3) is 5.57 Å². The van der Waals surface area contributed by atoms with Gasteiger partial charge in [-0.3, -0.25) is 4.90 Å². The zero-order chi connectivity index (χ0) is 29.0.